The lowest BCUT2D eigenvalue weighted by Gasteiger charge is -2.11. The summed E-state index contributed by atoms with van der Waals surface area (Å²) in [4.78, 5) is 12.2. The van der Waals surface area contributed by atoms with E-state index in [1.54, 1.807) is 12.1 Å². The average molecular weight is 287 g/mol. The number of para-hydroxylation sites is 1. The first-order chi connectivity index (χ1) is 10.1. The van der Waals surface area contributed by atoms with Crippen LogP contribution < -0.4 is 5.32 Å². The fourth-order valence-electron chi connectivity index (χ4n) is 1.98. The lowest BCUT2D eigenvalue weighted by molar-refractivity contribution is 0.102. The zero-order valence-electron chi connectivity index (χ0n) is 12.2. The van der Waals surface area contributed by atoms with E-state index in [0.29, 0.717) is 18.9 Å². The predicted octanol–water partition coefficient (Wildman–Crippen LogP) is 3.92. The molecule has 0 spiro atoms. The fourth-order valence-corrected chi connectivity index (χ4v) is 1.98. The second-order valence-corrected chi connectivity index (χ2v) is 4.73. The Morgan fingerprint density at radius 1 is 1.24 bits per heavy atom. The number of carbonyl (C=O) groups is 1. The van der Waals surface area contributed by atoms with Gasteiger partial charge in [0.1, 0.15) is 5.82 Å². The zero-order valence-corrected chi connectivity index (χ0v) is 12.2. The van der Waals surface area contributed by atoms with Gasteiger partial charge in [0.05, 0.1) is 12.2 Å². The maximum atomic E-state index is 13.7. The van der Waals surface area contributed by atoms with E-state index in [1.165, 1.54) is 12.1 Å². The summed E-state index contributed by atoms with van der Waals surface area (Å²) in [5.41, 5.74) is 2.38. The van der Waals surface area contributed by atoms with Crippen molar-refractivity contribution in [1.29, 1.82) is 0 Å². The van der Waals surface area contributed by atoms with E-state index in [9.17, 15) is 9.18 Å². The van der Waals surface area contributed by atoms with Crippen LogP contribution in [-0.4, -0.2) is 12.5 Å². The van der Waals surface area contributed by atoms with E-state index < -0.39 is 11.7 Å². The molecular weight excluding hydrogens is 269 g/mol. The Morgan fingerprint density at radius 3 is 2.76 bits per heavy atom. The van der Waals surface area contributed by atoms with Gasteiger partial charge in [-0.2, -0.15) is 0 Å². The van der Waals surface area contributed by atoms with E-state index in [2.05, 4.69) is 5.32 Å². The Hall–Kier alpha value is -2.20. The van der Waals surface area contributed by atoms with Crippen molar-refractivity contribution in [3.8, 4) is 0 Å². The van der Waals surface area contributed by atoms with Gasteiger partial charge >= 0.3 is 0 Å². The molecule has 2 aromatic carbocycles. The molecule has 0 bridgehead atoms. The molecule has 2 rings (SSSR count). The van der Waals surface area contributed by atoms with Crippen LogP contribution in [0.4, 0.5) is 10.1 Å². The highest BCUT2D eigenvalue weighted by molar-refractivity contribution is 6.04. The summed E-state index contributed by atoms with van der Waals surface area (Å²) in [6.45, 7) is 4.72. The Morgan fingerprint density at radius 2 is 2.00 bits per heavy atom. The van der Waals surface area contributed by atoms with Gasteiger partial charge in [-0.1, -0.05) is 29.8 Å². The third-order valence-electron chi connectivity index (χ3n) is 3.09. The fraction of sp³-hybridized carbons (Fsp3) is 0.235. The van der Waals surface area contributed by atoms with Crippen LogP contribution in [0.1, 0.15) is 28.4 Å². The van der Waals surface area contributed by atoms with E-state index in [-0.39, 0.29) is 5.56 Å². The number of ether oxygens (including phenoxy) is 1. The second-order valence-electron chi connectivity index (χ2n) is 4.73. The monoisotopic (exact) mass is 287 g/mol. The Bertz CT molecular complexity index is 640. The minimum Gasteiger partial charge on any atom is -0.377 e. The topological polar surface area (TPSA) is 38.3 Å². The van der Waals surface area contributed by atoms with Crippen LogP contribution in [0.3, 0.4) is 0 Å². The molecule has 0 saturated carbocycles. The molecule has 0 saturated heterocycles. The maximum Gasteiger partial charge on any atom is 0.258 e. The van der Waals surface area contributed by atoms with Crippen molar-refractivity contribution >= 4 is 11.6 Å². The van der Waals surface area contributed by atoms with Crippen molar-refractivity contribution < 1.29 is 13.9 Å². The van der Waals surface area contributed by atoms with E-state index in [1.807, 2.05) is 32.0 Å². The van der Waals surface area contributed by atoms with Crippen LogP contribution >= 0.6 is 0 Å². The number of nitrogens with one attached hydrogen (secondary N) is 1. The molecule has 2 aromatic rings. The molecule has 0 aliphatic heterocycles. The van der Waals surface area contributed by atoms with E-state index in [4.69, 9.17) is 4.74 Å². The zero-order chi connectivity index (χ0) is 15.2. The number of rotatable bonds is 5. The molecular formula is C17H18FNO2. The standard InChI is InChI=1S/C17H18FNO2/c1-3-21-11-13-6-4-5-7-16(13)19-17(20)14-10-12(2)8-9-15(14)18/h4-10H,3,11H2,1-2H3,(H,19,20). The summed E-state index contributed by atoms with van der Waals surface area (Å²) < 4.78 is 19.1. The van der Waals surface area contributed by atoms with Gasteiger partial charge in [0.25, 0.3) is 5.91 Å². The number of hydrogen-bond acceptors (Lipinski definition) is 2. The molecule has 0 heterocycles. The van der Waals surface area contributed by atoms with E-state index in [0.717, 1.165) is 11.1 Å². The first-order valence-electron chi connectivity index (χ1n) is 6.85. The van der Waals surface area contributed by atoms with Gasteiger partial charge in [0, 0.05) is 17.9 Å². The smallest absolute Gasteiger partial charge is 0.258 e. The van der Waals surface area contributed by atoms with Gasteiger partial charge < -0.3 is 10.1 Å². The number of benzene rings is 2. The number of amides is 1. The summed E-state index contributed by atoms with van der Waals surface area (Å²) in [6, 6.07) is 11.8. The summed E-state index contributed by atoms with van der Waals surface area (Å²) in [7, 11) is 0. The molecule has 3 nitrogen and oxygen atoms in total. The number of halogens is 1. The molecule has 4 heteroatoms. The van der Waals surface area contributed by atoms with Gasteiger partial charge in [-0.05, 0) is 32.0 Å². The van der Waals surface area contributed by atoms with Crippen LogP contribution in [0.15, 0.2) is 42.5 Å². The minimum absolute atomic E-state index is 0.0428. The molecule has 0 aliphatic rings. The summed E-state index contributed by atoms with van der Waals surface area (Å²) in [5, 5.41) is 2.74. The Balaban J connectivity index is 2.21. The molecule has 1 amide bonds. The van der Waals surface area contributed by atoms with Gasteiger partial charge in [0.2, 0.25) is 0 Å². The van der Waals surface area contributed by atoms with Crippen LogP contribution in [0.25, 0.3) is 0 Å². The largest absolute Gasteiger partial charge is 0.377 e. The van der Waals surface area contributed by atoms with Crippen molar-refractivity contribution in [2.45, 2.75) is 20.5 Å². The van der Waals surface area contributed by atoms with Crippen LogP contribution in [0.2, 0.25) is 0 Å². The van der Waals surface area contributed by atoms with Crippen LogP contribution in [-0.2, 0) is 11.3 Å². The number of aryl methyl sites for hydroxylation is 1. The van der Waals surface area contributed by atoms with Gasteiger partial charge in [-0.25, -0.2) is 4.39 Å². The first kappa shape index (κ1) is 15.2. The van der Waals surface area contributed by atoms with Gasteiger partial charge in [0.15, 0.2) is 0 Å². The van der Waals surface area contributed by atoms with E-state index >= 15 is 0 Å². The molecule has 0 aliphatic carbocycles. The molecule has 0 aromatic heterocycles. The highest BCUT2D eigenvalue weighted by Crippen LogP contribution is 2.18. The molecule has 0 fully saturated rings. The quantitative estimate of drug-likeness (QED) is 0.905. The third kappa shape index (κ3) is 3.89. The summed E-state index contributed by atoms with van der Waals surface area (Å²) in [5.74, 6) is -0.986. The van der Waals surface area contributed by atoms with Crippen LogP contribution in [0, 0.1) is 12.7 Å². The van der Waals surface area contributed by atoms with Crippen molar-refractivity contribution in [3.63, 3.8) is 0 Å². The number of hydrogen-bond donors (Lipinski definition) is 1. The van der Waals surface area contributed by atoms with Gasteiger partial charge in [-0.3, -0.25) is 4.79 Å². The lowest BCUT2D eigenvalue weighted by Crippen LogP contribution is -2.15. The second kappa shape index (κ2) is 6.99. The van der Waals surface area contributed by atoms with Crippen molar-refractivity contribution in [2.24, 2.45) is 0 Å². The minimum atomic E-state index is -0.527. The van der Waals surface area contributed by atoms with Crippen LogP contribution in [0.5, 0.6) is 0 Å². The Labute approximate surface area is 123 Å². The molecule has 21 heavy (non-hydrogen) atoms. The Kier molecular flexibility index (Phi) is 5.06. The number of anilines is 1. The third-order valence-corrected chi connectivity index (χ3v) is 3.09. The summed E-state index contributed by atoms with van der Waals surface area (Å²) >= 11 is 0. The van der Waals surface area contributed by atoms with Crippen molar-refractivity contribution in [2.75, 3.05) is 11.9 Å². The molecule has 0 atom stereocenters. The highest BCUT2D eigenvalue weighted by Gasteiger charge is 2.13. The lowest BCUT2D eigenvalue weighted by atomic mass is 10.1. The average Bonchev–Trinajstić information content (AvgIpc) is 2.48. The summed E-state index contributed by atoms with van der Waals surface area (Å²) in [6.07, 6.45) is 0. The number of carbonyl (C=O) groups excluding carboxylic acids is 1. The predicted molar refractivity (Wildman–Crippen MR) is 80.9 cm³/mol. The molecule has 0 radical (unpaired) electrons. The molecule has 1 N–H and O–H groups in total. The molecule has 110 valence electrons. The van der Waals surface area contributed by atoms with Crippen molar-refractivity contribution in [1.82, 2.24) is 0 Å². The maximum absolute atomic E-state index is 13.7. The highest BCUT2D eigenvalue weighted by atomic mass is 19.1. The normalized spacial score (nSPS) is 10.4. The first-order valence-corrected chi connectivity index (χ1v) is 6.85. The van der Waals surface area contributed by atoms with Gasteiger partial charge in [-0.15, -0.1) is 0 Å². The SMILES string of the molecule is CCOCc1ccccc1NC(=O)c1cc(C)ccc1F. The van der Waals surface area contributed by atoms with Crippen molar-refractivity contribution in [3.05, 3.63) is 65.0 Å². The molecule has 0 unspecified atom stereocenters.